The molecule has 0 amide bonds. The van der Waals surface area contributed by atoms with Crippen LogP contribution in [0.25, 0.3) is 22.2 Å². The Hall–Kier alpha value is -2.69. The molecule has 5 heteroatoms. The highest BCUT2D eigenvalue weighted by molar-refractivity contribution is 5.76. The van der Waals surface area contributed by atoms with Crippen molar-refractivity contribution in [3.8, 4) is 0 Å². The number of para-hydroxylation sites is 2. The van der Waals surface area contributed by atoms with E-state index in [1.165, 1.54) is 5.56 Å². The highest BCUT2D eigenvalue weighted by Crippen LogP contribution is 2.17. The fraction of sp³-hybridized carbons (Fsp3) is 0.188. The number of nitrogens with one attached hydrogen (secondary N) is 2. The summed E-state index contributed by atoms with van der Waals surface area (Å²) in [5, 5.41) is 0. The molecule has 2 N–H and O–H groups in total. The van der Waals surface area contributed by atoms with Crippen molar-refractivity contribution in [3.63, 3.8) is 0 Å². The maximum absolute atomic E-state index is 4.58. The molecule has 0 saturated carbocycles. The van der Waals surface area contributed by atoms with Crippen LogP contribution in [0, 0.1) is 13.8 Å². The molecule has 21 heavy (non-hydrogen) atoms. The third kappa shape index (κ3) is 2.07. The normalized spacial score (nSPS) is 11.5. The molecule has 0 bridgehead atoms. The number of H-pyrrole nitrogens is 2. The van der Waals surface area contributed by atoms with Gasteiger partial charge in [0.15, 0.2) is 5.65 Å². The van der Waals surface area contributed by atoms with Crippen LogP contribution in [0.1, 0.15) is 22.9 Å². The van der Waals surface area contributed by atoms with Gasteiger partial charge in [0.1, 0.15) is 11.6 Å². The van der Waals surface area contributed by atoms with Crippen molar-refractivity contribution < 1.29 is 0 Å². The predicted octanol–water partition coefficient (Wildman–Crippen LogP) is 3.04. The summed E-state index contributed by atoms with van der Waals surface area (Å²) in [7, 11) is 0. The average Bonchev–Trinajstić information content (AvgIpc) is 3.01. The molecule has 3 aromatic heterocycles. The van der Waals surface area contributed by atoms with Crippen LogP contribution in [0.3, 0.4) is 0 Å². The third-order valence-electron chi connectivity index (χ3n) is 3.61. The maximum Gasteiger partial charge on any atom is 0.178 e. The lowest BCUT2D eigenvalue weighted by Gasteiger charge is -1.95. The molecule has 0 fully saturated rings. The molecule has 0 atom stereocenters. The van der Waals surface area contributed by atoms with Crippen molar-refractivity contribution >= 4 is 22.2 Å². The zero-order valence-corrected chi connectivity index (χ0v) is 11.9. The first-order chi connectivity index (χ1) is 10.2. The number of benzene rings is 1. The number of aromatic nitrogens is 5. The number of aromatic amines is 2. The van der Waals surface area contributed by atoms with Gasteiger partial charge in [-0.15, -0.1) is 0 Å². The first kappa shape index (κ1) is 12.1. The number of fused-ring (bicyclic) bond motifs is 2. The van der Waals surface area contributed by atoms with Crippen LogP contribution in [0.5, 0.6) is 0 Å². The minimum atomic E-state index is 0.642. The second-order valence-electron chi connectivity index (χ2n) is 5.34. The first-order valence-electron chi connectivity index (χ1n) is 6.95. The second-order valence-corrected chi connectivity index (χ2v) is 5.34. The zero-order chi connectivity index (χ0) is 14.4. The van der Waals surface area contributed by atoms with Crippen molar-refractivity contribution in [2.45, 2.75) is 20.3 Å². The number of nitrogens with zero attached hydrogens (tertiary/aromatic N) is 3. The van der Waals surface area contributed by atoms with E-state index in [-0.39, 0.29) is 0 Å². The van der Waals surface area contributed by atoms with E-state index in [4.69, 9.17) is 0 Å². The second kappa shape index (κ2) is 4.41. The molecule has 3 heterocycles. The third-order valence-corrected chi connectivity index (χ3v) is 3.61. The summed E-state index contributed by atoms with van der Waals surface area (Å²) in [5.74, 6) is 1.79. The molecule has 4 aromatic rings. The Kier molecular flexibility index (Phi) is 2.54. The number of hydrogen-bond acceptors (Lipinski definition) is 3. The van der Waals surface area contributed by atoms with E-state index in [0.717, 1.165) is 39.5 Å². The van der Waals surface area contributed by atoms with Crippen LogP contribution in [-0.2, 0) is 6.42 Å². The van der Waals surface area contributed by atoms with Gasteiger partial charge in [0.25, 0.3) is 0 Å². The van der Waals surface area contributed by atoms with Gasteiger partial charge in [-0.25, -0.2) is 15.0 Å². The summed E-state index contributed by atoms with van der Waals surface area (Å²) >= 11 is 0. The summed E-state index contributed by atoms with van der Waals surface area (Å²) in [4.78, 5) is 20.3. The lowest BCUT2D eigenvalue weighted by molar-refractivity contribution is 0.958. The molecule has 0 saturated heterocycles. The molecular weight excluding hydrogens is 262 g/mol. The Bertz CT molecular complexity index is 915. The topological polar surface area (TPSA) is 70.2 Å². The number of rotatable bonds is 2. The van der Waals surface area contributed by atoms with Crippen molar-refractivity contribution in [3.05, 3.63) is 53.2 Å². The molecule has 0 aliphatic carbocycles. The van der Waals surface area contributed by atoms with Crippen molar-refractivity contribution in [2.75, 3.05) is 0 Å². The van der Waals surface area contributed by atoms with Gasteiger partial charge in [-0.3, -0.25) is 0 Å². The van der Waals surface area contributed by atoms with Gasteiger partial charge in [0, 0.05) is 5.69 Å². The molecule has 0 spiro atoms. The maximum atomic E-state index is 4.58. The van der Waals surface area contributed by atoms with Gasteiger partial charge < -0.3 is 9.97 Å². The smallest absolute Gasteiger partial charge is 0.178 e. The Morgan fingerprint density at radius 2 is 1.76 bits per heavy atom. The fourth-order valence-electron chi connectivity index (χ4n) is 2.68. The number of aryl methyl sites for hydroxylation is 2. The van der Waals surface area contributed by atoms with Gasteiger partial charge in [-0.1, -0.05) is 12.1 Å². The highest BCUT2D eigenvalue weighted by atomic mass is 15.0. The van der Waals surface area contributed by atoms with E-state index in [1.807, 2.05) is 31.2 Å². The van der Waals surface area contributed by atoms with Crippen LogP contribution < -0.4 is 0 Å². The van der Waals surface area contributed by atoms with Crippen molar-refractivity contribution in [1.29, 1.82) is 0 Å². The van der Waals surface area contributed by atoms with Gasteiger partial charge in [0.05, 0.1) is 23.0 Å². The minimum Gasteiger partial charge on any atom is -0.342 e. The van der Waals surface area contributed by atoms with Gasteiger partial charge in [-0.2, -0.15) is 0 Å². The van der Waals surface area contributed by atoms with E-state index in [1.54, 1.807) is 0 Å². The van der Waals surface area contributed by atoms with Gasteiger partial charge in [-0.05, 0) is 37.6 Å². The van der Waals surface area contributed by atoms with Gasteiger partial charge >= 0.3 is 0 Å². The molecule has 0 aliphatic heterocycles. The summed E-state index contributed by atoms with van der Waals surface area (Å²) in [6, 6.07) is 10.1. The largest absolute Gasteiger partial charge is 0.342 e. The molecule has 0 unspecified atom stereocenters. The van der Waals surface area contributed by atoms with Crippen LogP contribution in [0.2, 0.25) is 0 Å². The number of hydrogen-bond donors (Lipinski definition) is 2. The summed E-state index contributed by atoms with van der Waals surface area (Å²) in [6.07, 6.45) is 0.642. The van der Waals surface area contributed by atoms with Crippen LogP contribution in [0.4, 0.5) is 0 Å². The molecule has 4 rings (SSSR count). The highest BCUT2D eigenvalue weighted by Gasteiger charge is 2.10. The Morgan fingerprint density at radius 1 is 0.952 bits per heavy atom. The van der Waals surface area contributed by atoms with Crippen molar-refractivity contribution in [1.82, 2.24) is 24.9 Å². The number of pyridine rings is 1. The predicted molar refractivity (Wildman–Crippen MR) is 82.3 cm³/mol. The average molecular weight is 277 g/mol. The van der Waals surface area contributed by atoms with E-state index >= 15 is 0 Å². The van der Waals surface area contributed by atoms with Crippen LogP contribution in [-0.4, -0.2) is 24.9 Å². The SMILES string of the molecule is Cc1cc(C)c2[nH]c(Cc3nc4ccccc4[nH]3)nc2n1. The summed E-state index contributed by atoms with van der Waals surface area (Å²) in [6.45, 7) is 4.06. The molecule has 5 nitrogen and oxygen atoms in total. The first-order valence-corrected chi connectivity index (χ1v) is 6.95. The molecule has 0 aliphatic rings. The Labute approximate surface area is 121 Å². The standard InChI is InChI=1S/C16H15N5/c1-9-7-10(2)17-16-15(9)20-14(21-16)8-13-18-11-5-3-4-6-12(11)19-13/h3-7H,8H2,1-2H3,(H,18,19)(H,17,20,21). The lowest BCUT2D eigenvalue weighted by Crippen LogP contribution is -1.92. The van der Waals surface area contributed by atoms with E-state index in [0.29, 0.717) is 6.42 Å². The lowest BCUT2D eigenvalue weighted by atomic mass is 10.2. The quantitative estimate of drug-likeness (QED) is 0.591. The van der Waals surface area contributed by atoms with E-state index in [9.17, 15) is 0 Å². The van der Waals surface area contributed by atoms with Crippen molar-refractivity contribution in [2.24, 2.45) is 0 Å². The molecular formula is C16H15N5. The number of imidazole rings is 2. The monoisotopic (exact) mass is 277 g/mol. The Morgan fingerprint density at radius 3 is 2.62 bits per heavy atom. The summed E-state index contributed by atoms with van der Waals surface area (Å²) in [5.41, 5.74) is 5.97. The molecule has 1 aromatic carbocycles. The van der Waals surface area contributed by atoms with E-state index in [2.05, 4.69) is 37.9 Å². The summed E-state index contributed by atoms with van der Waals surface area (Å²) < 4.78 is 0. The van der Waals surface area contributed by atoms with Crippen LogP contribution in [0.15, 0.2) is 30.3 Å². The minimum absolute atomic E-state index is 0.642. The fourth-order valence-corrected chi connectivity index (χ4v) is 2.68. The van der Waals surface area contributed by atoms with Gasteiger partial charge in [0.2, 0.25) is 0 Å². The molecule has 0 radical (unpaired) electrons. The zero-order valence-electron chi connectivity index (χ0n) is 11.9. The van der Waals surface area contributed by atoms with Crippen LogP contribution >= 0.6 is 0 Å². The Balaban J connectivity index is 1.75. The van der Waals surface area contributed by atoms with E-state index < -0.39 is 0 Å². The molecule has 104 valence electrons.